The summed E-state index contributed by atoms with van der Waals surface area (Å²) in [6.07, 6.45) is 0. The molecule has 0 fully saturated rings. The lowest BCUT2D eigenvalue weighted by Gasteiger charge is -2.14. The van der Waals surface area contributed by atoms with Gasteiger partial charge in [0.2, 0.25) is 0 Å². The number of thiophene rings is 1. The van der Waals surface area contributed by atoms with E-state index in [4.69, 9.17) is 14.2 Å². The van der Waals surface area contributed by atoms with Gasteiger partial charge in [-0.25, -0.2) is 4.79 Å². The Balaban J connectivity index is 1.76. The summed E-state index contributed by atoms with van der Waals surface area (Å²) >= 11 is 1.02. The third kappa shape index (κ3) is 6.60. The molecule has 0 radical (unpaired) electrons. The van der Waals surface area contributed by atoms with E-state index >= 15 is 0 Å². The topological polar surface area (TPSA) is 103 Å². The summed E-state index contributed by atoms with van der Waals surface area (Å²) in [5.41, 5.74) is 1.55. The lowest BCUT2D eigenvalue weighted by Crippen LogP contribution is -2.26. The van der Waals surface area contributed by atoms with Crippen LogP contribution in [0, 0.1) is 6.92 Å². The van der Waals surface area contributed by atoms with E-state index in [0.29, 0.717) is 21.9 Å². The standard InChI is InChI=1S/C26H28N2O6S/c1-5-33-26(31)22-16(2)23(24(30)27-17(3)18-9-7-6-8-10-18)35-25(22)28-21(29)15-34-20-13-11-19(32-4)12-14-20/h6-14,17H,5,15H2,1-4H3,(H,27,30)(H,28,29). The van der Waals surface area contributed by atoms with Gasteiger partial charge in [-0.2, -0.15) is 0 Å². The van der Waals surface area contributed by atoms with Crippen LogP contribution in [0.2, 0.25) is 0 Å². The summed E-state index contributed by atoms with van der Waals surface area (Å²) in [6, 6.07) is 16.1. The van der Waals surface area contributed by atoms with Crippen LogP contribution in [0.5, 0.6) is 11.5 Å². The largest absolute Gasteiger partial charge is 0.497 e. The van der Waals surface area contributed by atoms with Gasteiger partial charge < -0.3 is 24.8 Å². The second kappa shape index (κ2) is 12.0. The molecule has 0 bridgehead atoms. The molecule has 0 aliphatic carbocycles. The van der Waals surface area contributed by atoms with Gasteiger partial charge >= 0.3 is 5.97 Å². The number of methoxy groups -OCH3 is 1. The lowest BCUT2D eigenvalue weighted by molar-refractivity contribution is -0.118. The predicted octanol–water partition coefficient (Wildman–Crippen LogP) is 4.75. The van der Waals surface area contributed by atoms with Crippen LogP contribution < -0.4 is 20.1 Å². The Bertz CT molecular complexity index is 1170. The quantitative estimate of drug-likeness (QED) is 0.393. The number of ether oxygens (including phenoxy) is 3. The highest BCUT2D eigenvalue weighted by Gasteiger charge is 2.27. The second-order valence-corrected chi connectivity index (χ2v) is 8.62. The number of anilines is 1. The molecule has 1 aromatic heterocycles. The van der Waals surface area contributed by atoms with Gasteiger partial charge in [0.05, 0.1) is 30.2 Å². The molecule has 9 heteroatoms. The van der Waals surface area contributed by atoms with Gasteiger partial charge in [-0.05, 0) is 56.2 Å². The highest BCUT2D eigenvalue weighted by atomic mass is 32.1. The van der Waals surface area contributed by atoms with Crippen LogP contribution in [0.3, 0.4) is 0 Å². The Kier molecular flexibility index (Phi) is 8.86. The fourth-order valence-corrected chi connectivity index (χ4v) is 4.45. The Morgan fingerprint density at radius 2 is 1.66 bits per heavy atom. The summed E-state index contributed by atoms with van der Waals surface area (Å²) in [5.74, 6) is -0.268. The summed E-state index contributed by atoms with van der Waals surface area (Å²) in [5, 5.41) is 5.88. The fraction of sp³-hybridized carbons (Fsp3) is 0.269. The number of nitrogens with one attached hydrogen (secondary N) is 2. The molecule has 0 saturated carbocycles. The molecule has 1 heterocycles. The molecule has 0 spiro atoms. The van der Waals surface area contributed by atoms with Crippen LogP contribution in [-0.4, -0.2) is 38.1 Å². The fourth-order valence-electron chi connectivity index (χ4n) is 3.34. The number of hydrogen-bond acceptors (Lipinski definition) is 7. The van der Waals surface area contributed by atoms with Crippen molar-refractivity contribution in [3.63, 3.8) is 0 Å². The average molecular weight is 497 g/mol. The molecule has 8 nitrogen and oxygen atoms in total. The normalized spacial score (nSPS) is 11.3. The first kappa shape index (κ1) is 25.8. The number of carbonyl (C=O) groups is 3. The first-order valence-electron chi connectivity index (χ1n) is 11.1. The molecule has 3 rings (SSSR count). The van der Waals surface area contributed by atoms with Crippen molar-refractivity contribution < 1.29 is 28.6 Å². The van der Waals surface area contributed by atoms with Crippen molar-refractivity contribution in [2.24, 2.45) is 0 Å². The smallest absolute Gasteiger partial charge is 0.341 e. The van der Waals surface area contributed by atoms with Crippen molar-refractivity contribution in [3.05, 3.63) is 76.2 Å². The van der Waals surface area contributed by atoms with Crippen LogP contribution in [0.4, 0.5) is 5.00 Å². The zero-order chi connectivity index (χ0) is 25.4. The minimum absolute atomic E-state index is 0.159. The van der Waals surface area contributed by atoms with E-state index in [1.54, 1.807) is 45.2 Å². The van der Waals surface area contributed by atoms with Crippen molar-refractivity contribution in [2.45, 2.75) is 26.8 Å². The second-order valence-electron chi connectivity index (χ2n) is 7.60. The summed E-state index contributed by atoms with van der Waals surface area (Å²) in [6.45, 7) is 5.11. The van der Waals surface area contributed by atoms with Crippen LogP contribution >= 0.6 is 11.3 Å². The van der Waals surface area contributed by atoms with Gasteiger partial charge in [-0.1, -0.05) is 30.3 Å². The third-order valence-corrected chi connectivity index (χ3v) is 6.37. The summed E-state index contributed by atoms with van der Waals surface area (Å²) in [4.78, 5) is 38.6. The number of esters is 1. The van der Waals surface area contributed by atoms with E-state index in [9.17, 15) is 14.4 Å². The first-order valence-corrected chi connectivity index (χ1v) is 11.9. The molecule has 2 aromatic carbocycles. The predicted molar refractivity (Wildman–Crippen MR) is 134 cm³/mol. The molecule has 0 aliphatic rings. The highest BCUT2D eigenvalue weighted by Crippen LogP contribution is 2.34. The molecule has 1 unspecified atom stereocenters. The van der Waals surface area contributed by atoms with Crippen molar-refractivity contribution in [2.75, 3.05) is 25.6 Å². The van der Waals surface area contributed by atoms with Crippen LogP contribution in [0.1, 0.15) is 51.0 Å². The number of amides is 2. The maximum Gasteiger partial charge on any atom is 0.341 e. The SMILES string of the molecule is CCOC(=O)c1c(NC(=O)COc2ccc(OC)cc2)sc(C(=O)NC(C)c2ccccc2)c1C. The van der Waals surface area contributed by atoms with Crippen molar-refractivity contribution in [1.29, 1.82) is 0 Å². The molecule has 35 heavy (non-hydrogen) atoms. The Hall–Kier alpha value is -3.85. The van der Waals surface area contributed by atoms with E-state index in [1.807, 2.05) is 37.3 Å². The maximum atomic E-state index is 13.0. The van der Waals surface area contributed by atoms with Gasteiger partial charge in [0.15, 0.2) is 6.61 Å². The molecule has 1 atom stereocenters. The summed E-state index contributed by atoms with van der Waals surface area (Å²) in [7, 11) is 1.56. The summed E-state index contributed by atoms with van der Waals surface area (Å²) < 4.78 is 15.8. The maximum absolute atomic E-state index is 13.0. The number of rotatable bonds is 10. The first-order chi connectivity index (χ1) is 16.8. The highest BCUT2D eigenvalue weighted by molar-refractivity contribution is 7.18. The van der Waals surface area contributed by atoms with Crippen LogP contribution in [0.15, 0.2) is 54.6 Å². The van der Waals surface area contributed by atoms with Gasteiger partial charge in [0, 0.05) is 0 Å². The Morgan fingerprint density at radius 3 is 2.29 bits per heavy atom. The molecule has 2 N–H and O–H groups in total. The van der Waals surface area contributed by atoms with Crippen LogP contribution in [0.25, 0.3) is 0 Å². The third-order valence-electron chi connectivity index (χ3n) is 5.16. The van der Waals surface area contributed by atoms with Crippen LogP contribution in [-0.2, 0) is 9.53 Å². The van der Waals surface area contributed by atoms with Gasteiger partial charge in [-0.3, -0.25) is 9.59 Å². The minimum atomic E-state index is -0.609. The molecule has 0 aliphatic heterocycles. The average Bonchev–Trinajstić information content (AvgIpc) is 3.19. The van der Waals surface area contributed by atoms with Gasteiger partial charge in [0.25, 0.3) is 11.8 Å². The van der Waals surface area contributed by atoms with E-state index < -0.39 is 11.9 Å². The van der Waals surface area contributed by atoms with E-state index in [1.165, 1.54) is 0 Å². The lowest BCUT2D eigenvalue weighted by atomic mass is 10.1. The van der Waals surface area contributed by atoms with Gasteiger partial charge in [-0.15, -0.1) is 11.3 Å². The van der Waals surface area contributed by atoms with Crippen molar-refractivity contribution in [1.82, 2.24) is 5.32 Å². The molecule has 184 valence electrons. The molecular weight excluding hydrogens is 468 g/mol. The number of carbonyl (C=O) groups excluding carboxylic acids is 3. The number of hydrogen-bond donors (Lipinski definition) is 2. The zero-order valence-electron chi connectivity index (χ0n) is 20.0. The molecule has 3 aromatic rings. The molecule has 0 saturated heterocycles. The minimum Gasteiger partial charge on any atom is -0.497 e. The van der Waals surface area contributed by atoms with Gasteiger partial charge in [0.1, 0.15) is 16.5 Å². The Morgan fingerprint density at radius 1 is 1.00 bits per heavy atom. The Labute approximate surface area is 208 Å². The molecule has 2 amide bonds. The zero-order valence-corrected chi connectivity index (χ0v) is 20.9. The van der Waals surface area contributed by atoms with Crippen molar-refractivity contribution in [3.8, 4) is 11.5 Å². The molecular formula is C26H28N2O6S. The van der Waals surface area contributed by atoms with E-state index in [-0.39, 0.29) is 35.7 Å². The van der Waals surface area contributed by atoms with E-state index in [0.717, 1.165) is 16.9 Å². The van der Waals surface area contributed by atoms with E-state index in [2.05, 4.69) is 10.6 Å². The number of benzene rings is 2. The van der Waals surface area contributed by atoms with Crippen molar-refractivity contribution >= 4 is 34.1 Å². The monoisotopic (exact) mass is 496 g/mol.